The van der Waals surface area contributed by atoms with Gasteiger partial charge in [-0.15, -0.1) is 0 Å². The van der Waals surface area contributed by atoms with Crippen molar-refractivity contribution in [2.75, 3.05) is 13.7 Å². The van der Waals surface area contributed by atoms with Crippen LogP contribution < -0.4 is 14.2 Å². The number of methoxy groups -OCH3 is 1. The molecule has 1 aliphatic carbocycles. The SMILES string of the molecule is COc1c(C)cc(-c2ccc(S(=O)(=O)NC3CCCc4c(OCC(=O)O)cccc43)cc2C)cc1C. The summed E-state index contributed by atoms with van der Waals surface area (Å²) in [6.45, 7) is 5.46. The molecule has 0 aliphatic heterocycles. The highest BCUT2D eigenvalue weighted by Gasteiger charge is 2.28. The third-order valence-corrected chi connectivity index (χ3v) is 8.07. The number of carboxylic acid groups (broad SMARTS) is 1. The molecular formula is C28H31NO6S. The second kappa shape index (κ2) is 10.3. The second-order valence-corrected chi connectivity index (χ2v) is 10.9. The van der Waals surface area contributed by atoms with Gasteiger partial charge in [0.25, 0.3) is 0 Å². The number of nitrogens with one attached hydrogen (secondary N) is 1. The normalized spacial score (nSPS) is 15.3. The highest BCUT2D eigenvalue weighted by Crippen LogP contribution is 2.37. The monoisotopic (exact) mass is 509 g/mol. The number of ether oxygens (including phenoxy) is 2. The zero-order chi connectivity index (χ0) is 26.0. The van der Waals surface area contributed by atoms with Crippen molar-refractivity contribution in [1.82, 2.24) is 4.72 Å². The molecule has 0 fully saturated rings. The van der Waals surface area contributed by atoms with Gasteiger partial charge < -0.3 is 14.6 Å². The number of hydrogen-bond acceptors (Lipinski definition) is 5. The zero-order valence-corrected chi connectivity index (χ0v) is 21.7. The number of carbonyl (C=O) groups is 1. The summed E-state index contributed by atoms with van der Waals surface area (Å²) in [5.41, 5.74) is 6.55. The summed E-state index contributed by atoms with van der Waals surface area (Å²) in [5.74, 6) is 0.285. The van der Waals surface area contributed by atoms with Crippen LogP contribution in [0.2, 0.25) is 0 Å². The molecule has 1 aliphatic rings. The lowest BCUT2D eigenvalue weighted by atomic mass is 9.87. The number of sulfonamides is 1. The van der Waals surface area contributed by atoms with Crippen LogP contribution in [0.4, 0.5) is 0 Å². The van der Waals surface area contributed by atoms with Crippen molar-refractivity contribution >= 4 is 16.0 Å². The highest BCUT2D eigenvalue weighted by molar-refractivity contribution is 7.89. The molecule has 190 valence electrons. The maximum Gasteiger partial charge on any atom is 0.341 e. The Hall–Kier alpha value is -3.36. The van der Waals surface area contributed by atoms with E-state index in [2.05, 4.69) is 4.72 Å². The summed E-state index contributed by atoms with van der Waals surface area (Å²) in [4.78, 5) is 11.1. The highest BCUT2D eigenvalue weighted by atomic mass is 32.2. The molecule has 0 aromatic heterocycles. The van der Waals surface area contributed by atoms with Gasteiger partial charge >= 0.3 is 5.97 Å². The van der Waals surface area contributed by atoms with Crippen molar-refractivity contribution in [3.63, 3.8) is 0 Å². The van der Waals surface area contributed by atoms with Crippen LogP contribution in [0.3, 0.4) is 0 Å². The molecule has 1 atom stereocenters. The number of carboxylic acids is 1. The molecule has 2 N–H and O–H groups in total. The van der Waals surface area contributed by atoms with Gasteiger partial charge in [-0.05, 0) is 109 Å². The van der Waals surface area contributed by atoms with E-state index in [1.165, 1.54) is 0 Å². The first kappa shape index (κ1) is 25.7. The summed E-state index contributed by atoms with van der Waals surface area (Å²) in [6, 6.07) is 14.2. The Morgan fingerprint density at radius 2 is 1.78 bits per heavy atom. The summed E-state index contributed by atoms with van der Waals surface area (Å²) in [5, 5.41) is 8.95. The first-order chi connectivity index (χ1) is 17.1. The molecule has 4 rings (SSSR count). The average Bonchev–Trinajstić information content (AvgIpc) is 2.82. The van der Waals surface area contributed by atoms with Crippen molar-refractivity contribution in [2.45, 2.75) is 51.0 Å². The van der Waals surface area contributed by atoms with Gasteiger partial charge in [-0.25, -0.2) is 17.9 Å². The minimum absolute atomic E-state index is 0.205. The Morgan fingerprint density at radius 3 is 2.42 bits per heavy atom. The van der Waals surface area contributed by atoms with Crippen molar-refractivity contribution in [3.05, 3.63) is 76.3 Å². The first-order valence-electron chi connectivity index (χ1n) is 11.9. The Morgan fingerprint density at radius 1 is 1.06 bits per heavy atom. The van der Waals surface area contributed by atoms with Crippen molar-refractivity contribution in [2.24, 2.45) is 0 Å². The van der Waals surface area contributed by atoms with Crippen LogP contribution in [0.5, 0.6) is 11.5 Å². The third-order valence-electron chi connectivity index (χ3n) is 6.60. The van der Waals surface area contributed by atoms with E-state index in [1.807, 2.05) is 45.0 Å². The van der Waals surface area contributed by atoms with E-state index in [0.717, 1.165) is 51.1 Å². The largest absolute Gasteiger partial charge is 0.496 e. The van der Waals surface area contributed by atoms with Gasteiger partial charge in [0.2, 0.25) is 10.0 Å². The summed E-state index contributed by atoms with van der Waals surface area (Å²) >= 11 is 0. The molecule has 0 bridgehead atoms. The van der Waals surface area contributed by atoms with Gasteiger partial charge in [0.05, 0.1) is 12.0 Å². The average molecular weight is 510 g/mol. The lowest BCUT2D eigenvalue weighted by molar-refractivity contribution is -0.139. The second-order valence-electron chi connectivity index (χ2n) is 9.19. The molecule has 0 saturated heterocycles. The molecule has 7 nitrogen and oxygen atoms in total. The molecule has 0 radical (unpaired) electrons. The van der Waals surface area contributed by atoms with Crippen molar-refractivity contribution in [1.29, 1.82) is 0 Å². The van der Waals surface area contributed by atoms with Gasteiger partial charge in [-0.1, -0.05) is 18.2 Å². The molecular weight excluding hydrogens is 478 g/mol. The van der Waals surface area contributed by atoms with Crippen LogP contribution in [0.15, 0.2) is 53.4 Å². The molecule has 36 heavy (non-hydrogen) atoms. The van der Waals surface area contributed by atoms with Crippen molar-refractivity contribution in [3.8, 4) is 22.6 Å². The topological polar surface area (TPSA) is 102 Å². The maximum atomic E-state index is 13.4. The number of rotatable bonds is 8. The van der Waals surface area contributed by atoms with Gasteiger partial charge in [0, 0.05) is 6.04 Å². The van der Waals surface area contributed by atoms with Crippen molar-refractivity contribution < 1.29 is 27.8 Å². The first-order valence-corrected chi connectivity index (χ1v) is 13.3. The smallest absolute Gasteiger partial charge is 0.341 e. The molecule has 0 amide bonds. The molecule has 0 spiro atoms. The molecule has 8 heteroatoms. The fourth-order valence-corrected chi connectivity index (χ4v) is 6.36. The Balaban J connectivity index is 1.60. The van der Waals surface area contributed by atoms with Crippen LogP contribution in [-0.4, -0.2) is 33.2 Å². The predicted octanol–water partition coefficient (Wildman–Crippen LogP) is 5.11. The summed E-state index contributed by atoms with van der Waals surface area (Å²) in [6.07, 6.45) is 2.12. The third kappa shape index (κ3) is 5.24. The molecule has 1 unspecified atom stereocenters. The van der Waals surface area contributed by atoms with Crippen LogP contribution >= 0.6 is 0 Å². The standard InChI is InChI=1S/C28H31NO6S/c1-17-15-21(11-12-22(17)20-13-18(2)28(34-4)19(3)14-20)36(32,33)29-25-9-5-8-24-23(25)7-6-10-26(24)35-16-27(30)31/h6-7,10-15,25,29H,5,8-9,16H2,1-4H3,(H,30,31). The summed E-state index contributed by atoms with van der Waals surface area (Å²) in [7, 11) is -2.14. The molecule has 0 heterocycles. The van der Waals surface area contributed by atoms with E-state index in [-0.39, 0.29) is 4.90 Å². The zero-order valence-electron chi connectivity index (χ0n) is 20.9. The van der Waals surface area contributed by atoms with E-state index < -0.39 is 28.6 Å². The van der Waals surface area contributed by atoms with Gasteiger partial charge in [-0.3, -0.25) is 0 Å². The lowest BCUT2D eigenvalue weighted by Crippen LogP contribution is -2.31. The van der Waals surface area contributed by atoms with Gasteiger partial charge in [0.15, 0.2) is 6.61 Å². The number of benzene rings is 3. The fraction of sp³-hybridized carbons (Fsp3) is 0.321. The Bertz CT molecular complexity index is 1390. The number of aliphatic carboxylic acids is 1. The van der Waals surface area contributed by atoms with Crippen LogP contribution in [-0.2, 0) is 21.2 Å². The Kier molecular flexibility index (Phi) is 7.38. The molecule has 3 aromatic rings. The van der Waals surface area contributed by atoms with Crippen LogP contribution in [0.1, 0.15) is 46.7 Å². The van der Waals surface area contributed by atoms with E-state index in [0.29, 0.717) is 18.6 Å². The minimum atomic E-state index is -3.79. The van der Waals surface area contributed by atoms with Gasteiger partial charge in [0.1, 0.15) is 11.5 Å². The quantitative estimate of drug-likeness (QED) is 0.438. The van der Waals surface area contributed by atoms with Gasteiger partial charge in [-0.2, -0.15) is 0 Å². The molecule has 0 saturated carbocycles. The van der Waals surface area contributed by atoms with E-state index in [9.17, 15) is 13.2 Å². The predicted molar refractivity (Wildman–Crippen MR) is 138 cm³/mol. The van der Waals surface area contributed by atoms with Crippen LogP contribution in [0, 0.1) is 20.8 Å². The number of aryl methyl sites for hydroxylation is 3. The Labute approximate surface area is 212 Å². The van der Waals surface area contributed by atoms with E-state index in [4.69, 9.17) is 14.6 Å². The maximum absolute atomic E-state index is 13.4. The number of fused-ring (bicyclic) bond motifs is 1. The number of hydrogen-bond donors (Lipinski definition) is 2. The van der Waals surface area contributed by atoms with E-state index >= 15 is 0 Å². The van der Waals surface area contributed by atoms with E-state index in [1.54, 1.807) is 31.4 Å². The minimum Gasteiger partial charge on any atom is -0.496 e. The lowest BCUT2D eigenvalue weighted by Gasteiger charge is -2.27. The summed E-state index contributed by atoms with van der Waals surface area (Å²) < 4.78 is 40.5. The van der Waals surface area contributed by atoms with Crippen LogP contribution in [0.25, 0.3) is 11.1 Å². The fourth-order valence-electron chi connectivity index (χ4n) is 5.02. The molecule has 3 aromatic carbocycles.